The van der Waals surface area contributed by atoms with E-state index in [0.717, 1.165) is 0 Å². The molecule has 1 amide bonds. The average molecular weight is 249 g/mol. The van der Waals surface area contributed by atoms with E-state index >= 15 is 0 Å². The normalized spacial score (nSPS) is 9.94. The van der Waals surface area contributed by atoms with Crippen LogP contribution in [0.15, 0.2) is 36.8 Å². The van der Waals surface area contributed by atoms with Crippen LogP contribution >= 0.6 is 11.6 Å². The minimum Gasteiger partial charge on any atom is -0.397 e. The minimum atomic E-state index is -0.370. The van der Waals surface area contributed by atoms with Crippen molar-refractivity contribution in [2.75, 3.05) is 11.1 Å². The van der Waals surface area contributed by atoms with Crippen LogP contribution in [0.1, 0.15) is 10.4 Å². The van der Waals surface area contributed by atoms with Crippen molar-refractivity contribution >= 4 is 29.0 Å². The maximum absolute atomic E-state index is 11.9. The van der Waals surface area contributed by atoms with Crippen molar-refractivity contribution in [2.45, 2.75) is 0 Å². The smallest absolute Gasteiger partial charge is 0.259 e. The van der Waals surface area contributed by atoms with E-state index in [1.807, 2.05) is 0 Å². The van der Waals surface area contributed by atoms with E-state index in [4.69, 9.17) is 17.3 Å². The number of hydrogen-bond acceptors (Lipinski definition) is 4. The molecule has 2 rings (SSSR count). The number of nitrogens with one attached hydrogen (secondary N) is 1. The number of amides is 1. The SMILES string of the molecule is Nc1cnccc1C(=O)Nc1ncccc1Cl. The highest BCUT2D eigenvalue weighted by Gasteiger charge is 2.11. The predicted molar refractivity (Wildman–Crippen MR) is 65.8 cm³/mol. The van der Waals surface area contributed by atoms with E-state index in [1.54, 1.807) is 12.1 Å². The van der Waals surface area contributed by atoms with Crippen molar-refractivity contribution in [2.24, 2.45) is 0 Å². The van der Waals surface area contributed by atoms with Gasteiger partial charge in [0.1, 0.15) is 0 Å². The predicted octanol–water partition coefficient (Wildman–Crippen LogP) is 1.96. The molecule has 0 aliphatic carbocycles. The van der Waals surface area contributed by atoms with E-state index in [1.165, 1.54) is 24.7 Å². The second-order valence-electron chi connectivity index (χ2n) is 3.25. The molecule has 0 bridgehead atoms. The quantitative estimate of drug-likeness (QED) is 0.851. The third-order valence-corrected chi connectivity index (χ3v) is 2.39. The highest BCUT2D eigenvalue weighted by Crippen LogP contribution is 2.19. The summed E-state index contributed by atoms with van der Waals surface area (Å²) >= 11 is 5.87. The van der Waals surface area contributed by atoms with Gasteiger partial charge in [-0.1, -0.05) is 11.6 Å². The molecule has 3 N–H and O–H groups in total. The number of carbonyl (C=O) groups is 1. The summed E-state index contributed by atoms with van der Waals surface area (Å²) in [6.07, 6.45) is 4.44. The maximum Gasteiger partial charge on any atom is 0.259 e. The fraction of sp³-hybridized carbons (Fsp3) is 0. The Hall–Kier alpha value is -2.14. The Morgan fingerprint density at radius 1 is 1.35 bits per heavy atom. The summed E-state index contributed by atoms with van der Waals surface area (Å²) in [5, 5.41) is 2.95. The lowest BCUT2D eigenvalue weighted by Crippen LogP contribution is -2.15. The molecule has 0 aliphatic rings. The average Bonchev–Trinajstić information content (AvgIpc) is 2.32. The lowest BCUT2D eigenvalue weighted by molar-refractivity contribution is 0.102. The van der Waals surface area contributed by atoms with Gasteiger partial charge in [0.2, 0.25) is 0 Å². The molecule has 5 nitrogen and oxygen atoms in total. The number of rotatable bonds is 2. The Balaban J connectivity index is 2.24. The van der Waals surface area contributed by atoms with E-state index in [0.29, 0.717) is 22.1 Å². The van der Waals surface area contributed by atoms with Crippen molar-refractivity contribution in [3.05, 3.63) is 47.4 Å². The molecule has 0 spiro atoms. The highest BCUT2D eigenvalue weighted by atomic mass is 35.5. The van der Waals surface area contributed by atoms with Crippen molar-refractivity contribution in [1.82, 2.24) is 9.97 Å². The van der Waals surface area contributed by atoms with E-state index in [2.05, 4.69) is 15.3 Å². The molecule has 17 heavy (non-hydrogen) atoms. The largest absolute Gasteiger partial charge is 0.397 e. The van der Waals surface area contributed by atoms with Gasteiger partial charge in [-0.05, 0) is 18.2 Å². The first-order chi connectivity index (χ1) is 8.18. The Kier molecular flexibility index (Phi) is 3.20. The van der Waals surface area contributed by atoms with Crippen LogP contribution in [-0.4, -0.2) is 15.9 Å². The Bertz CT molecular complexity index is 559. The number of hydrogen-bond donors (Lipinski definition) is 2. The molecular weight excluding hydrogens is 240 g/mol. The topological polar surface area (TPSA) is 80.9 Å². The maximum atomic E-state index is 11.9. The van der Waals surface area contributed by atoms with Crippen molar-refractivity contribution in [3.63, 3.8) is 0 Å². The second-order valence-corrected chi connectivity index (χ2v) is 3.66. The number of pyridine rings is 2. The third kappa shape index (κ3) is 2.51. The van der Waals surface area contributed by atoms with Crippen LogP contribution in [0.4, 0.5) is 11.5 Å². The summed E-state index contributed by atoms with van der Waals surface area (Å²) in [5.41, 5.74) is 6.27. The molecule has 0 radical (unpaired) electrons. The summed E-state index contributed by atoms with van der Waals surface area (Å²) in [6, 6.07) is 4.85. The molecular formula is C11H9ClN4O. The molecule has 2 aromatic rings. The van der Waals surface area contributed by atoms with Gasteiger partial charge in [0, 0.05) is 12.4 Å². The number of halogens is 1. The summed E-state index contributed by atoms with van der Waals surface area (Å²) in [5.74, 6) is -0.0686. The molecule has 2 aromatic heterocycles. The molecule has 0 aromatic carbocycles. The standard InChI is InChI=1S/C11H9ClN4O/c12-8-2-1-4-15-10(8)16-11(17)7-3-5-14-6-9(7)13/h1-6H,13H2,(H,15,16,17). The summed E-state index contributed by atoms with van der Waals surface area (Å²) in [4.78, 5) is 19.6. The van der Waals surface area contributed by atoms with Crippen LogP contribution < -0.4 is 11.1 Å². The van der Waals surface area contributed by atoms with Gasteiger partial charge in [0.05, 0.1) is 22.5 Å². The zero-order chi connectivity index (χ0) is 12.3. The minimum absolute atomic E-state index is 0.301. The van der Waals surface area contributed by atoms with E-state index < -0.39 is 0 Å². The molecule has 0 fully saturated rings. The van der Waals surface area contributed by atoms with Gasteiger partial charge < -0.3 is 11.1 Å². The molecule has 2 heterocycles. The zero-order valence-electron chi connectivity index (χ0n) is 8.72. The molecule has 86 valence electrons. The lowest BCUT2D eigenvalue weighted by atomic mass is 10.2. The molecule has 6 heteroatoms. The van der Waals surface area contributed by atoms with Crippen LogP contribution in [0.5, 0.6) is 0 Å². The summed E-state index contributed by atoms with van der Waals surface area (Å²) in [7, 11) is 0. The van der Waals surface area contributed by atoms with Crippen LogP contribution in [0.3, 0.4) is 0 Å². The summed E-state index contributed by atoms with van der Waals surface area (Å²) < 4.78 is 0. The molecule has 0 saturated heterocycles. The third-order valence-electron chi connectivity index (χ3n) is 2.09. The number of anilines is 2. The molecule has 0 aliphatic heterocycles. The Morgan fingerprint density at radius 3 is 2.88 bits per heavy atom. The summed E-state index contributed by atoms with van der Waals surface area (Å²) in [6.45, 7) is 0. The van der Waals surface area contributed by atoms with Crippen LogP contribution in [0.25, 0.3) is 0 Å². The Labute approximate surface area is 103 Å². The van der Waals surface area contributed by atoms with Gasteiger partial charge in [-0.2, -0.15) is 0 Å². The lowest BCUT2D eigenvalue weighted by Gasteiger charge is -2.07. The number of nitrogens with two attached hydrogens (primary N) is 1. The fourth-order valence-electron chi connectivity index (χ4n) is 1.27. The first-order valence-electron chi connectivity index (χ1n) is 4.80. The van der Waals surface area contributed by atoms with E-state index in [-0.39, 0.29) is 5.91 Å². The number of nitrogens with zero attached hydrogens (tertiary/aromatic N) is 2. The van der Waals surface area contributed by atoms with E-state index in [9.17, 15) is 4.79 Å². The molecule has 0 atom stereocenters. The van der Waals surface area contributed by atoms with Gasteiger partial charge in [-0.3, -0.25) is 9.78 Å². The molecule has 0 saturated carbocycles. The van der Waals surface area contributed by atoms with Crippen molar-refractivity contribution in [1.29, 1.82) is 0 Å². The van der Waals surface area contributed by atoms with Crippen LogP contribution in [-0.2, 0) is 0 Å². The zero-order valence-corrected chi connectivity index (χ0v) is 9.48. The number of aromatic nitrogens is 2. The van der Waals surface area contributed by atoms with Crippen molar-refractivity contribution in [3.8, 4) is 0 Å². The Morgan fingerprint density at radius 2 is 2.18 bits per heavy atom. The van der Waals surface area contributed by atoms with Gasteiger partial charge >= 0.3 is 0 Å². The number of nitrogen functional groups attached to an aromatic ring is 1. The van der Waals surface area contributed by atoms with Gasteiger partial charge in [-0.25, -0.2) is 4.98 Å². The fourth-order valence-corrected chi connectivity index (χ4v) is 1.43. The number of carbonyl (C=O) groups excluding carboxylic acids is 1. The van der Waals surface area contributed by atoms with Gasteiger partial charge in [-0.15, -0.1) is 0 Å². The second kappa shape index (κ2) is 4.80. The van der Waals surface area contributed by atoms with Gasteiger partial charge in [0.15, 0.2) is 5.82 Å². The first kappa shape index (κ1) is 11.3. The highest BCUT2D eigenvalue weighted by molar-refractivity contribution is 6.33. The van der Waals surface area contributed by atoms with Crippen LogP contribution in [0.2, 0.25) is 5.02 Å². The monoisotopic (exact) mass is 248 g/mol. The van der Waals surface area contributed by atoms with Crippen molar-refractivity contribution < 1.29 is 4.79 Å². The molecule has 0 unspecified atom stereocenters. The van der Waals surface area contributed by atoms with Gasteiger partial charge in [0.25, 0.3) is 5.91 Å². The first-order valence-corrected chi connectivity index (χ1v) is 5.17. The van der Waals surface area contributed by atoms with Crippen LogP contribution in [0, 0.1) is 0 Å².